The van der Waals surface area contributed by atoms with Gasteiger partial charge in [-0.15, -0.1) is 0 Å². The number of amides is 3. The predicted molar refractivity (Wildman–Crippen MR) is 361 cm³/mol. The van der Waals surface area contributed by atoms with E-state index in [9.17, 15) is 179 Å². The highest BCUT2D eigenvalue weighted by Gasteiger charge is 2.53. The lowest BCUT2D eigenvalue weighted by Gasteiger charge is -2.48. The van der Waals surface area contributed by atoms with E-state index in [-0.39, 0.29) is 52.4 Å². The minimum Gasteiger partial charge on any atom is -0.480 e. The molecular weight excluding hydrogens is 1530 g/mol. The Morgan fingerprint density at radius 3 is 0.848 bits per heavy atom. The smallest absolute Gasteiger partial charge is 0.317 e. The summed E-state index contributed by atoms with van der Waals surface area (Å²) < 4.78 is 23.6. The van der Waals surface area contributed by atoms with Gasteiger partial charge < -0.3 is 142 Å². The third kappa shape index (κ3) is 39.1. The van der Waals surface area contributed by atoms with Gasteiger partial charge in [-0.1, -0.05) is 0 Å². The van der Waals surface area contributed by atoms with Crippen molar-refractivity contribution in [2.45, 2.75) is 85.6 Å². The number of aliphatic hydroxyl groups excluding tert-OH is 9. The van der Waals surface area contributed by atoms with Crippen LogP contribution >= 0.6 is 0 Å². The Morgan fingerprint density at radius 1 is 0.312 bits per heavy atom. The van der Waals surface area contributed by atoms with Crippen LogP contribution in [0, 0.1) is 0 Å². The van der Waals surface area contributed by atoms with E-state index >= 15 is 0 Å². The van der Waals surface area contributed by atoms with E-state index in [1.165, 1.54) is 0 Å². The van der Waals surface area contributed by atoms with Gasteiger partial charge in [0.25, 0.3) is 0 Å². The zero-order valence-electron chi connectivity index (χ0n) is 60.2. The van der Waals surface area contributed by atoms with Crippen LogP contribution in [0.3, 0.4) is 0 Å². The highest BCUT2D eigenvalue weighted by molar-refractivity contribution is 5.81. The molecule has 2 heterocycles. The summed E-state index contributed by atoms with van der Waals surface area (Å²) >= 11 is 0. The van der Waals surface area contributed by atoms with Crippen LogP contribution in [0.25, 0.3) is 0 Å². The normalized spacial score (nSPS) is 21.1. The second-order valence-corrected chi connectivity index (χ2v) is 25.7. The summed E-state index contributed by atoms with van der Waals surface area (Å²) in [6.07, 6.45) is -25.0. The lowest BCUT2D eigenvalue weighted by Crippen LogP contribution is -2.70. The number of carbonyl (C=O) groups excluding carboxylic acids is 3. The largest absolute Gasteiger partial charge is 0.480 e. The van der Waals surface area contributed by atoms with Crippen LogP contribution < -0.4 is 16.0 Å². The Hall–Kier alpha value is -8.83. The molecule has 0 aromatic heterocycles. The van der Waals surface area contributed by atoms with Gasteiger partial charge in [0.2, 0.25) is 17.7 Å². The van der Waals surface area contributed by atoms with Gasteiger partial charge in [-0.2, -0.15) is 0 Å². The Balaban J connectivity index is 2.71. The number of rotatable bonds is 62. The minimum absolute atomic E-state index is 0.296. The molecule has 3 amide bonds. The van der Waals surface area contributed by atoms with E-state index in [1.54, 1.807) is 0 Å². The van der Waals surface area contributed by atoms with Crippen molar-refractivity contribution in [1.82, 2.24) is 60.0 Å². The van der Waals surface area contributed by atoms with Gasteiger partial charge in [0.05, 0.1) is 131 Å². The molecule has 0 spiro atoms. The third-order valence-corrected chi connectivity index (χ3v) is 16.7. The van der Waals surface area contributed by atoms with Gasteiger partial charge in [-0.05, 0) is 0 Å². The summed E-state index contributed by atoms with van der Waals surface area (Å²) in [5.74, 6) is -21.5. The first-order valence-corrected chi connectivity index (χ1v) is 33.9. The molecule has 2 aliphatic rings. The van der Waals surface area contributed by atoms with Gasteiger partial charge in [0.1, 0.15) is 67.0 Å². The molecule has 0 aromatic rings. The maximum atomic E-state index is 14.4. The molecule has 2 fully saturated rings. The standard InChI is InChI=1S/C60H100N12O40/c73-28-32(61-36(77)13-67(19-42(86)87)7-1-64(16-39(80)81)4-10-70(22-45(92)93)23-46(94)95)53(104)54(105)33(29-74)109-59-52(63-38(79)15-69(21-44(90)91)9-3-66(18-41(84)85)6-12-72(26-49(100)101)27-50(102)103)57(108)58(35(31-76)111-59)112-60-51(56(107)55(106)34(30-75)110-60)62-37(78)14-68(20-43(88)89)8-2-65(17-40(82)83)5-11-71(24-47(96)97)25-48(98)99/h32-35,51-60,73-76,104-108H,1-31H2,(H,61,77)(H,62,78)(H,63,79)(H,80,81)(H,82,83)(H,84,85)(H,86,87)(H,88,89)(H,90,91)(H,92,93)(H,94,95)(H,96,97)(H,98,99)(H,100,101)(H,102,103)/t32-,33-,34-,35-,51-,52-,53-,54-,55-,56-,57-,58-,59-,60-/m1/s1. The van der Waals surface area contributed by atoms with Crippen molar-refractivity contribution in [3.8, 4) is 0 Å². The number of aliphatic carboxylic acids is 12. The Kier molecular flexibility index (Phi) is 45.2. The molecule has 52 heteroatoms. The van der Waals surface area contributed by atoms with Crippen LogP contribution in [-0.4, -0.2) is 529 Å². The lowest BCUT2D eigenvalue weighted by atomic mass is 9.94. The summed E-state index contributed by atoms with van der Waals surface area (Å²) in [5.41, 5.74) is 0. The Labute approximate surface area is 634 Å². The fourth-order valence-corrected chi connectivity index (χ4v) is 11.5. The molecule has 640 valence electrons. The van der Waals surface area contributed by atoms with Gasteiger partial charge in [-0.25, -0.2) is 0 Å². The molecule has 0 unspecified atom stereocenters. The van der Waals surface area contributed by atoms with Crippen molar-refractivity contribution in [2.75, 3.05) is 203 Å². The monoisotopic (exact) mass is 1630 g/mol. The Bertz CT molecular complexity index is 3050. The van der Waals surface area contributed by atoms with E-state index in [1.807, 2.05) is 0 Å². The molecular formula is C60H100N12O40. The van der Waals surface area contributed by atoms with E-state index in [0.29, 0.717) is 0 Å². The molecule has 0 aromatic carbocycles. The topological polar surface area (TPSA) is 783 Å². The van der Waals surface area contributed by atoms with E-state index in [0.717, 1.165) is 44.1 Å². The second kappa shape index (κ2) is 51.0. The molecule has 0 aliphatic carbocycles. The zero-order valence-corrected chi connectivity index (χ0v) is 60.2. The van der Waals surface area contributed by atoms with E-state index in [4.69, 9.17) is 18.9 Å². The molecule has 2 saturated heterocycles. The van der Waals surface area contributed by atoms with Gasteiger partial charge in [-0.3, -0.25) is 116 Å². The van der Waals surface area contributed by atoms with Crippen molar-refractivity contribution >= 4 is 89.4 Å². The predicted octanol–water partition coefficient (Wildman–Crippen LogP) is -15.8. The summed E-state index contributed by atoms with van der Waals surface area (Å²) in [6.45, 7) is -22.8. The molecule has 2 aliphatic heterocycles. The summed E-state index contributed by atoms with van der Waals surface area (Å²) in [6, 6.07) is -6.37. The van der Waals surface area contributed by atoms with Crippen LogP contribution in [0.4, 0.5) is 0 Å². The van der Waals surface area contributed by atoms with E-state index in [2.05, 4.69) is 16.0 Å². The highest BCUT2D eigenvalue weighted by Crippen LogP contribution is 2.31. The van der Waals surface area contributed by atoms with Crippen molar-refractivity contribution < 1.29 is 198 Å². The summed E-state index contributed by atoms with van der Waals surface area (Å²) in [7, 11) is 0. The van der Waals surface area contributed by atoms with Crippen molar-refractivity contribution in [2.24, 2.45) is 0 Å². The summed E-state index contributed by atoms with van der Waals surface area (Å²) in [5, 5.41) is 221. The second-order valence-electron chi connectivity index (χ2n) is 25.7. The fraction of sp³-hybridized carbons (Fsp3) is 0.750. The van der Waals surface area contributed by atoms with Gasteiger partial charge >= 0.3 is 71.6 Å². The lowest BCUT2D eigenvalue weighted by molar-refractivity contribution is -0.340. The quantitative estimate of drug-likeness (QED) is 0.0269. The maximum Gasteiger partial charge on any atom is 0.317 e. The Morgan fingerprint density at radius 2 is 0.571 bits per heavy atom. The van der Waals surface area contributed by atoms with Crippen LogP contribution in [-0.2, 0) is 90.9 Å². The van der Waals surface area contributed by atoms with Crippen molar-refractivity contribution in [1.29, 1.82) is 0 Å². The van der Waals surface area contributed by atoms with Crippen LogP contribution in [0.15, 0.2) is 0 Å². The molecule has 24 N–H and O–H groups in total. The highest BCUT2D eigenvalue weighted by atomic mass is 16.7. The molecule has 14 atom stereocenters. The number of aliphatic hydroxyl groups is 9. The molecule has 112 heavy (non-hydrogen) atoms. The first-order valence-electron chi connectivity index (χ1n) is 33.9. The molecule has 0 radical (unpaired) electrons. The van der Waals surface area contributed by atoms with Crippen LogP contribution in [0.2, 0.25) is 0 Å². The molecule has 2 rings (SSSR count). The third-order valence-electron chi connectivity index (χ3n) is 16.7. The first-order chi connectivity index (χ1) is 52.5. The SMILES string of the molecule is O=C(O)CN(CCN(CC(=O)O)CC(=O)O)CCN(CC(=O)O)CC(=O)N[C@H]1[C@H](O[C@H](CO)[C@@H](O)[C@H](O)[C@@H](CO)NC(=O)CN(CCN(CCN(CC(=O)O)CC(=O)O)CC(=O)O)CC(=O)O)O[C@H](CO)[C@@H](O[C@H]2O[C@H](CO)[C@@H](O)[C@H](O)[C@H]2NC(=O)CN(CCN(CCN(CC(=O)O)CC(=O)O)CC(=O)O)CC(=O)O)[C@@H]1O. The average Bonchev–Trinajstić information content (AvgIpc) is 0.774. The number of hydrogen-bond acceptors (Lipinski definition) is 37. The summed E-state index contributed by atoms with van der Waals surface area (Å²) in [4.78, 5) is 191. The zero-order chi connectivity index (χ0) is 84.8. The fourth-order valence-electron chi connectivity index (χ4n) is 11.5. The molecule has 0 saturated carbocycles. The number of carboxylic acid groups (broad SMARTS) is 12. The molecule has 52 nitrogen and oxygen atoms in total. The maximum absolute atomic E-state index is 14.4. The van der Waals surface area contributed by atoms with Crippen LogP contribution in [0.5, 0.6) is 0 Å². The number of carbonyl (C=O) groups is 15. The van der Waals surface area contributed by atoms with Gasteiger partial charge in [0.15, 0.2) is 12.6 Å². The van der Waals surface area contributed by atoms with E-state index < -0.39 is 326 Å². The number of ether oxygens (including phenoxy) is 4. The number of nitrogens with one attached hydrogen (secondary N) is 3. The van der Waals surface area contributed by atoms with Crippen molar-refractivity contribution in [3.63, 3.8) is 0 Å². The number of hydrogen-bond donors (Lipinski definition) is 24. The molecule has 0 bridgehead atoms. The number of nitrogens with zero attached hydrogens (tertiary/aromatic N) is 9. The number of carboxylic acids is 12. The first kappa shape index (κ1) is 99.2. The van der Waals surface area contributed by atoms with Crippen molar-refractivity contribution in [3.05, 3.63) is 0 Å². The average molecular weight is 1630 g/mol. The minimum atomic E-state index is -2.55. The van der Waals surface area contributed by atoms with Crippen LogP contribution in [0.1, 0.15) is 0 Å². The van der Waals surface area contributed by atoms with Gasteiger partial charge in [0, 0.05) is 78.5 Å².